The number of phenolic OH excluding ortho intramolecular Hbond substituents is 2. The van der Waals surface area contributed by atoms with E-state index in [2.05, 4.69) is 25.4 Å². The number of amides is 2. The van der Waals surface area contributed by atoms with E-state index in [0.717, 1.165) is 16.2 Å². The van der Waals surface area contributed by atoms with Gasteiger partial charge in [-0.15, -0.1) is 34.9 Å². The number of fused-ring (bicyclic) bond motifs is 2. The number of thioether (sulfide) groups is 2. The number of nitrogens with two attached hydrogens (primary N) is 1. The van der Waals surface area contributed by atoms with Crippen molar-refractivity contribution in [3.05, 3.63) is 40.8 Å². The average Bonchev–Trinajstić information content (AvgIpc) is 3.40. The van der Waals surface area contributed by atoms with E-state index in [1.165, 1.54) is 61.2 Å². The highest BCUT2D eigenvalue weighted by Crippen LogP contribution is 2.42. The number of carboxylic acid groups (broad SMARTS) is 2. The van der Waals surface area contributed by atoms with Gasteiger partial charge in [0.15, 0.2) is 22.3 Å². The molecule has 19 heteroatoms. The first-order valence-corrected chi connectivity index (χ1v) is 15.4. The van der Waals surface area contributed by atoms with Gasteiger partial charge in [-0.05, 0) is 25.5 Å². The fourth-order valence-corrected chi connectivity index (χ4v) is 7.14. The number of anilines is 1. The van der Waals surface area contributed by atoms with E-state index in [0.29, 0.717) is 21.5 Å². The molecule has 7 N–H and O–H groups in total. The van der Waals surface area contributed by atoms with E-state index < -0.39 is 46.5 Å². The fraction of sp³-hybridized carbons (Fsp3) is 0.280. The molecule has 4 heterocycles. The van der Waals surface area contributed by atoms with Crippen LogP contribution in [0.4, 0.5) is 5.13 Å². The highest BCUT2D eigenvalue weighted by Gasteiger charge is 2.54. The molecule has 0 aliphatic carbocycles. The van der Waals surface area contributed by atoms with Crippen molar-refractivity contribution in [1.29, 1.82) is 0 Å². The molecule has 44 heavy (non-hydrogen) atoms. The molecule has 0 spiro atoms. The number of carboxylic acids is 2. The summed E-state index contributed by atoms with van der Waals surface area (Å²) >= 11 is 3.42. The van der Waals surface area contributed by atoms with Gasteiger partial charge >= 0.3 is 11.9 Å². The smallest absolute Gasteiger partial charge is 0.352 e. The van der Waals surface area contributed by atoms with Crippen LogP contribution in [0, 0.1) is 0 Å². The Morgan fingerprint density at radius 3 is 2.61 bits per heavy atom. The van der Waals surface area contributed by atoms with Crippen LogP contribution in [0.25, 0.3) is 10.9 Å². The van der Waals surface area contributed by atoms with Gasteiger partial charge in [0.1, 0.15) is 34.2 Å². The fourth-order valence-electron chi connectivity index (χ4n) is 4.13. The molecule has 2 aliphatic heterocycles. The molecule has 0 bridgehead atoms. The highest BCUT2D eigenvalue weighted by molar-refractivity contribution is 8.01. The number of nitrogen functional groups attached to an aromatic ring is 1. The molecule has 5 rings (SSSR count). The summed E-state index contributed by atoms with van der Waals surface area (Å²) in [5.41, 5.74) is 4.07. The first kappa shape index (κ1) is 30.8. The van der Waals surface area contributed by atoms with Gasteiger partial charge in [0.25, 0.3) is 11.8 Å². The molecule has 0 saturated carbocycles. The summed E-state index contributed by atoms with van der Waals surface area (Å²) < 4.78 is 0. The number of oxime groups is 1. The number of thiazole rings is 1. The molecule has 2 aromatic heterocycles. The summed E-state index contributed by atoms with van der Waals surface area (Å²) in [7, 11) is 0. The number of aromatic hydroxyl groups is 2. The van der Waals surface area contributed by atoms with Gasteiger partial charge in [-0.1, -0.05) is 5.16 Å². The molecule has 1 aromatic carbocycles. The zero-order valence-corrected chi connectivity index (χ0v) is 25.2. The zero-order valence-electron chi connectivity index (χ0n) is 22.7. The largest absolute Gasteiger partial charge is 0.504 e. The number of rotatable bonds is 10. The molecule has 2 atom stereocenters. The number of carbonyl (C=O) groups excluding carboxylic acids is 2. The van der Waals surface area contributed by atoms with Gasteiger partial charge < -0.3 is 36.3 Å². The number of aliphatic carboxylic acids is 2. The minimum Gasteiger partial charge on any atom is -0.504 e. The Morgan fingerprint density at radius 1 is 1.23 bits per heavy atom. The monoisotopic (exact) mass is 661 g/mol. The maximum absolute atomic E-state index is 13.3. The maximum Gasteiger partial charge on any atom is 0.352 e. The van der Waals surface area contributed by atoms with Gasteiger partial charge in [0.05, 0.1) is 5.52 Å². The summed E-state index contributed by atoms with van der Waals surface area (Å²) in [4.78, 5) is 68.7. The number of phenols is 2. The summed E-state index contributed by atoms with van der Waals surface area (Å²) in [6.45, 7) is 2.46. The zero-order chi connectivity index (χ0) is 31.9. The van der Waals surface area contributed by atoms with Gasteiger partial charge in [0, 0.05) is 28.3 Å². The van der Waals surface area contributed by atoms with Crippen molar-refractivity contribution < 1.29 is 44.4 Å². The summed E-state index contributed by atoms with van der Waals surface area (Å²) in [6.07, 6.45) is 1.27. The third-order valence-electron chi connectivity index (χ3n) is 6.47. The standard InChI is InChI=1S/C25H23N7O9S3/c1-25(2,23(39)40)41-31-15(12-7-44-24(26)29-12)18(35)30-16-20(36)32-17(22(37)38)9(6-43-21(16)32)5-42-19-10-3-13(33)14(34)4-11(10)27-8-28-19/h3-4,7-8,16,21,33-34H,5-6H2,1-2H3,(H2,26,29)(H,30,35)(H,37,38)(H,39,40)/t16?,21-/m0/s1. The van der Waals surface area contributed by atoms with Crippen molar-refractivity contribution in [2.24, 2.45) is 5.16 Å². The molecular weight excluding hydrogens is 639 g/mol. The van der Waals surface area contributed by atoms with Crippen molar-refractivity contribution in [1.82, 2.24) is 25.2 Å². The van der Waals surface area contributed by atoms with E-state index in [-0.39, 0.29) is 39.5 Å². The predicted molar refractivity (Wildman–Crippen MR) is 159 cm³/mol. The van der Waals surface area contributed by atoms with E-state index >= 15 is 0 Å². The number of carbonyl (C=O) groups is 4. The van der Waals surface area contributed by atoms with Crippen molar-refractivity contribution in [3.8, 4) is 11.5 Å². The predicted octanol–water partition coefficient (Wildman–Crippen LogP) is 1.19. The molecule has 1 fully saturated rings. The maximum atomic E-state index is 13.3. The summed E-state index contributed by atoms with van der Waals surface area (Å²) in [5, 5.41) is 47.0. The summed E-state index contributed by atoms with van der Waals surface area (Å²) in [6, 6.07) is 1.47. The molecule has 1 unspecified atom stereocenters. The van der Waals surface area contributed by atoms with Crippen LogP contribution in [0.5, 0.6) is 11.5 Å². The Hall–Kier alpha value is -4.62. The van der Waals surface area contributed by atoms with Crippen molar-refractivity contribution in [3.63, 3.8) is 0 Å². The Bertz CT molecular complexity index is 1770. The van der Waals surface area contributed by atoms with Gasteiger partial charge in [-0.3, -0.25) is 14.5 Å². The molecule has 1 saturated heterocycles. The Labute approximate surface area is 260 Å². The topological polar surface area (TPSA) is 251 Å². The number of benzene rings is 1. The number of aromatic nitrogens is 3. The quantitative estimate of drug-likeness (QED) is 0.0446. The van der Waals surface area contributed by atoms with E-state index in [1.54, 1.807) is 0 Å². The van der Waals surface area contributed by atoms with Crippen LogP contribution in [0.3, 0.4) is 0 Å². The molecular formula is C25H23N7O9S3. The van der Waals surface area contributed by atoms with Crippen LogP contribution in [0.15, 0.2) is 45.3 Å². The van der Waals surface area contributed by atoms with Crippen molar-refractivity contribution in [2.75, 3.05) is 17.2 Å². The van der Waals surface area contributed by atoms with Gasteiger partial charge in [-0.2, -0.15) is 0 Å². The first-order valence-electron chi connectivity index (χ1n) is 12.5. The van der Waals surface area contributed by atoms with Crippen molar-refractivity contribution >= 4 is 80.4 Å². The minimum atomic E-state index is -1.79. The molecule has 3 aromatic rings. The van der Waals surface area contributed by atoms with Gasteiger partial charge in [-0.25, -0.2) is 24.5 Å². The lowest BCUT2D eigenvalue weighted by Gasteiger charge is -2.49. The first-order chi connectivity index (χ1) is 20.8. The number of β-lactam (4-membered cyclic amide) rings is 1. The van der Waals surface area contributed by atoms with Crippen molar-refractivity contribution in [2.45, 2.75) is 35.9 Å². The number of nitrogens with one attached hydrogen (secondary N) is 1. The molecule has 2 amide bonds. The molecule has 16 nitrogen and oxygen atoms in total. The van der Waals surface area contributed by atoms with E-state index in [9.17, 15) is 39.6 Å². The van der Waals surface area contributed by atoms with Crippen LogP contribution >= 0.6 is 34.9 Å². The third kappa shape index (κ3) is 5.80. The second kappa shape index (κ2) is 11.8. The minimum absolute atomic E-state index is 0.00248. The van der Waals surface area contributed by atoms with Crippen LogP contribution in [0.1, 0.15) is 19.5 Å². The van der Waals surface area contributed by atoms with Gasteiger partial charge in [0.2, 0.25) is 5.60 Å². The van der Waals surface area contributed by atoms with Crippen LogP contribution < -0.4 is 11.1 Å². The highest BCUT2D eigenvalue weighted by atomic mass is 32.2. The number of hydrogen-bond acceptors (Lipinski definition) is 15. The number of nitrogens with zero attached hydrogens (tertiary/aromatic N) is 5. The van der Waals surface area contributed by atoms with E-state index in [4.69, 9.17) is 10.6 Å². The molecule has 2 aliphatic rings. The molecule has 0 radical (unpaired) electrons. The second-order valence-corrected chi connectivity index (χ2v) is 12.8. The van der Waals surface area contributed by atoms with E-state index in [1.807, 2.05) is 0 Å². The third-order valence-corrected chi connectivity index (χ3v) is 9.58. The lowest BCUT2D eigenvalue weighted by atomic mass is 10.0. The van der Waals surface area contributed by atoms with Crippen LogP contribution in [-0.4, -0.2) is 98.3 Å². The number of hydrogen-bond donors (Lipinski definition) is 6. The summed E-state index contributed by atoms with van der Waals surface area (Å²) in [5.74, 6) is -4.61. The Balaban J connectivity index is 1.35. The lowest BCUT2D eigenvalue weighted by molar-refractivity contribution is -0.161. The van der Waals surface area contributed by atoms with Crippen LogP contribution in [0.2, 0.25) is 0 Å². The normalized spacial score (nSPS) is 18.5. The SMILES string of the molecule is CC(C)(ON=C(C(=O)NC1C(=O)N2C(C(=O)O)=C(CSc3ncnc4cc(O)c(O)cc34)CS[C@@H]12)c1csc(N)n1)C(=O)O. The second-order valence-electron chi connectivity index (χ2n) is 9.86. The Kier molecular flexibility index (Phi) is 8.28. The van der Waals surface area contributed by atoms with Crippen LogP contribution in [-0.2, 0) is 24.0 Å². The molecule has 230 valence electrons. The Morgan fingerprint density at radius 2 is 1.95 bits per heavy atom. The average molecular weight is 662 g/mol. The lowest BCUT2D eigenvalue weighted by Crippen LogP contribution is -2.71.